The molecule has 0 aliphatic heterocycles. The maximum absolute atomic E-state index is 13.5. The van der Waals surface area contributed by atoms with Crippen molar-refractivity contribution in [2.75, 3.05) is 52.9 Å². The smallest absolute Gasteiger partial charge is 0.343 e. The molecule has 0 aliphatic carbocycles. The molecule has 0 heterocycles. The molecule has 0 N–H and O–H groups in total. The fourth-order valence-corrected chi connectivity index (χ4v) is 6.19. The normalized spacial score (nSPS) is 10.7. The number of hydrogen-bond donors (Lipinski definition) is 0. The van der Waals surface area contributed by atoms with Crippen LogP contribution in [-0.2, 0) is 9.47 Å². The highest BCUT2D eigenvalue weighted by Gasteiger charge is 2.23. The van der Waals surface area contributed by atoms with Crippen LogP contribution in [0.4, 0.5) is 0 Å². The number of unbranched alkanes of at least 4 members (excludes halogenated alkanes) is 6. The van der Waals surface area contributed by atoms with Crippen LogP contribution >= 0.6 is 0 Å². The molecule has 0 unspecified atom stereocenters. The topological polar surface area (TPSA) is 161 Å². The third-order valence-corrected chi connectivity index (χ3v) is 10.1. The van der Waals surface area contributed by atoms with Gasteiger partial charge in [0.05, 0.1) is 61.9 Å². The van der Waals surface area contributed by atoms with Crippen LogP contribution in [0.5, 0.6) is 46.0 Å². The van der Waals surface area contributed by atoms with Gasteiger partial charge in [-0.2, -0.15) is 0 Å². The Morgan fingerprint density at radius 2 is 0.632 bits per heavy atom. The first-order chi connectivity index (χ1) is 33.1. The molecule has 4 aromatic rings. The van der Waals surface area contributed by atoms with Crippen molar-refractivity contribution in [1.82, 2.24) is 0 Å². The summed E-state index contributed by atoms with van der Waals surface area (Å²) in [7, 11) is 0. The predicted molar refractivity (Wildman–Crippen MR) is 259 cm³/mol. The molecular weight excluding hydrogens is 873 g/mol. The molecular formula is C54H70O14. The number of ether oxygens (including phenoxy) is 10. The molecule has 0 saturated carbocycles. The van der Waals surface area contributed by atoms with E-state index in [0.717, 1.165) is 77.0 Å². The van der Waals surface area contributed by atoms with Gasteiger partial charge in [-0.3, -0.25) is 0 Å². The second-order valence-corrected chi connectivity index (χ2v) is 15.9. The quantitative estimate of drug-likeness (QED) is 0.0252. The summed E-state index contributed by atoms with van der Waals surface area (Å²) >= 11 is 0. The molecule has 0 bridgehead atoms. The molecule has 0 aromatic heterocycles. The molecule has 0 amide bonds. The highest BCUT2D eigenvalue weighted by atomic mass is 16.6. The van der Waals surface area contributed by atoms with E-state index < -0.39 is 23.9 Å². The Morgan fingerprint density at radius 1 is 0.338 bits per heavy atom. The number of hydrogen-bond acceptors (Lipinski definition) is 14. The third kappa shape index (κ3) is 18.0. The monoisotopic (exact) mass is 942 g/mol. The Balaban J connectivity index is 1.37. The lowest BCUT2D eigenvalue weighted by Gasteiger charge is -2.18. The zero-order valence-corrected chi connectivity index (χ0v) is 40.8. The standard InChI is InChI=1S/C54H70O14/c1-7-13-25-59-45-35-41(36-46(60-26-14-8-2)49(45)63-29-17-11-5)53(57)67-43-23-19-21-39(33-43)51(55)65-31-32-66-52(56)40-22-20-24-44(34-40)68-54(58)42-37-47(61-27-15-9-3)50(64-30-18-12-6)48(38-42)62-28-16-10-4/h19-24,33-38H,7-18,25-32H2,1-6H3. The van der Waals surface area contributed by atoms with E-state index in [0.29, 0.717) is 74.1 Å². The summed E-state index contributed by atoms with van der Waals surface area (Å²) in [6, 6.07) is 18.3. The van der Waals surface area contributed by atoms with Crippen molar-refractivity contribution in [2.45, 2.75) is 119 Å². The van der Waals surface area contributed by atoms with Crippen molar-refractivity contribution in [3.05, 3.63) is 95.1 Å². The zero-order valence-electron chi connectivity index (χ0n) is 40.8. The fourth-order valence-electron chi connectivity index (χ4n) is 6.19. The number of carbonyl (C=O) groups excluding carboxylic acids is 4. The van der Waals surface area contributed by atoms with Crippen LogP contribution in [-0.4, -0.2) is 76.7 Å². The summed E-state index contributed by atoms with van der Waals surface area (Å²) in [5.41, 5.74) is 0.597. The molecule has 0 spiro atoms. The first-order valence-electron chi connectivity index (χ1n) is 24.3. The van der Waals surface area contributed by atoms with Crippen molar-refractivity contribution in [3.8, 4) is 46.0 Å². The van der Waals surface area contributed by atoms with Crippen molar-refractivity contribution in [2.24, 2.45) is 0 Å². The van der Waals surface area contributed by atoms with E-state index in [1.54, 1.807) is 48.5 Å². The Morgan fingerprint density at radius 3 is 0.926 bits per heavy atom. The van der Waals surface area contributed by atoms with Crippen LogP contribution in [0.3, 0.4) is 0 Å². The summed E-state index contributed by atoms with van der Waals surface area (Å²) in [5, 5.41) is 0. The minimum absolute atomic E-state index is 0.108. The minimum Gasteiger partial charge on any atom is -0.490 e. The van der Waals surface area contributed by atoms with Crippen LogP contribution in [0, 0.1) is 0 Å². The fraction of sp³-hybridized carbons (Fsp3) is 0.481. The van der Waals surface area contributed by atoms with E-state index in [1.807, 2.05) is 0 Å². The molecule has 4 aromatic carbocycles. The van der Waals surface area contributed by atoms with Gasteiger partial charge in [-0.25, -0.2) is 19.2 Å². The second kappa shape index (κ2) is 30.8. The van der Waals surface area contributed by atoms with Gasteiger partial charge in [-0.1, -0.05) is 92.2 Å². The van der Waals surface area contributed by atoms with Gasteiger partial charge < -0.3 is 47.4 Å². The van der Waals surface area contributed by atoms with Gasteiger partial charge in [0.1, 0.15) is 24.7 Å². The van der Waals surface area contributed by atoms with Gasteiger partial charge in [-0.05, 0) is 99.2 Å². The van der Waals surface area contributed by atoms with Crippen molar-refractivity contribution < 1.29 is 66.5 Å². The van der Waals surface area contributed by atoms with E-state index in [1.165, 1.54) is 24.3 Å². The van der Waals surface area contributed by atoms with Crippen molar-refractivity contribution in [3.63, 3.8) is 0 Å². The van der Waals surface area contributed by atoms with E-state index in [-0.39, 0.29) is 47.0 Å². The largest absolute Gasteiger partial charge is 0.490 e. The Labute approximate surface area is 401 Å². The average molecular weight is 943 g/mol. The van der Waals surface area contributed by atoms with Gasteiger partial charge in [-0.15, -0.1) is 0 Å². The van der Waals surface area contributed by atoms with Gasteiger partial charge in [0, 0.05) is 0 Å². The molecule has 0 fully saturated rings. The predicted octanol–water partition coefficient (Wildman–Crippen LogP) is 12.2. The number of esters is 4. The zero-order chi connectivity index (χ0) is 48.9. The molecule has 68 heavy (non-hydrogen) atoms. The molecule has 0 aliphatic rings. The molecule has 0 radical (unpaired) electrons. The summed E-state index contributed by atoms with van der Waals surface area (Å²) in [4.78, 5) is 53.2. The lowest BCUT2D eigenvalue weighted by Crippen LogP contribution is -2.15. The summed E-state index contributed by atoms with van der Waals surface area (Å²) in [5.74, 6) is -0.157. The number of rotatable bonds is 33. The van der Waals surface area contributed by atoms with Crippen LogP contribution in [0.2, 0.25) is 0 Å². The number of benzene rings is 4. The minimum atomic E-state index is -0.724. The van der Waals surface area contributed by atoms with Gasteiger partial charge in [0.25, 0.3) is 0 Å². The van der Waals surface area contributed by atoms with Gasteiger partial charge in [0.15, 0.2) is 23.0 Å². The Bertz CT molecular complexity index is 1970. The summed E-state index contributed by atoms with van der Waals surface area (Å²) in [6.07, 6.45) is 10.5. The highest BCUT2D eigenvalue weighted by Crippen LogP contribution is 2.41. The van der Waals surface area contributed by atoms with Gasteiger partial charge >= 0.3 is 23.9 Å². The van der Waals surface area contributed by atoms with Crippen molar-refractivity contribution in [1.29, 1.82) is 0 Å². The molecule has 370 valence electrons. The van der Waals surface area contributed by atoms with Crippen LogP contribution < -0.4 is 37.9 Å². The molecule has 14 nitrogen and oxygen atoms in total. The van der Waals surface area contributed by atoms with Crippen molar-refractivity contribution >= 4 is 23.9 Å². The molecule has 14 heteroatoms. The van der Waals surface area contributed by atoms with E-state index in [4.69, 9.17) is 47.4 Å². The SMILES string of the molecule is CCCCOc1cc(C(=O)Oc2cccc(C(=O)OCCOC(=O)c3cccc(OC(=O)c4cc(OCCCC)c(OCCCC)c(OCCCC)c4)c3)c2)cc(OCCCC)c1OCCCC. The Hall–Kier alpha value is -6.44. The lowest BCUT2D eigenvalue weighted by atomic mass is 10.1. The summed E-state index contributed by atoms with van der Waals surface area (Å²) < 4.78 is 58.7. The van der Waals surface area contributed by atoms with E-state index in [2.05, 4.69) is 41.5 Å². The highest BCUT2D eigenvalue weighted by molar-refractivity contribution is 5.95. The number of carbonyl (C=O) groups is 4. The van der Waals surface area contributed by atoms with Crippen LogP contribution in [0.15, 0.2) is 72.8 Å². The molecule has 0 atom stereocenters. The lowest BCUT2D eigenvalue weighted by molar-refractivity contribution is 0.0265. The van der Waals surface area contributed by atoms with Crippen LogP contribution in [0.25, 0.3) is 0 Å². The first kappa shape index (κ1) is 54.2. The average Bonchev–Trinajstić information content (AvgIpc) is 3.34. The van der Waals surface area contributed by atoms with E-state index in [9.17, 15) is 19.2 Å². The van der Waals surface area contributed by atoms with Crippen LogP contribution in [0.1, 0.15) is 160 Å². The maximum Gasteiger partial charge on any atom is 0.343 e. The molecule has 4 rings (SSSR count). The third-order valence-electron chi connectivity index (χ3n) is 10.1. The Kier molecular flexibility index (Phi) is 24.5. The maximum atomic E-state index is 13.5. The van der Waals surface area contributed by atoms with E-state index >= 15 is 0 Å². The van der Waals surface area contributed by atoms with Gasteiger partial charge in [0.2, 0.25) is 11.5 Å². The summed E-state index contributed by atoms with van der Waals surface area (Å²) in [6.45, 7) is 14.5. The molecule has 0 saturated heterocycles. The first-order valence-corrected chi connectivity index (χ1v) is 24.3. The second-order valence-electron chi connectivity index (χ2n) is 15.9.